The Labute approximate surface area is 128 Å². The highest BCUT2D eigenvalue weighted by Gasteiger charge is 2.42. The predicted molar refractivity (Wildman–Crippen MR) is 69.3 cm³/mol. The summed E-state index contributed by atoms with van der Waals surface area (Å²) in [5.74, 6) is -1.27. The summed E-state index contributed by atoms with van der Waals surface area (Å²) in [6.07, 6.45) is -11.2. The summed E-state index contributed by atoms with van der Waals surface area (Å²) in [6.45, 7) is 0.910. The molecule has 1 heterocycles. The Balaban J connectivity index is 2.50. The molecule has 0 spiro atoms. The van der Waals surface area contributed by atoms with Crippen molar-refractivity contribution in [3.8, 4) is 0 Å². The third-order valence-electron chi connectivity index (χ3n) is 3.71. The second kappa shape index (κ2) is 6.64. The maximum atomic E-state index is 14.1. The Bertz CT molecular complexity index is 533. The SMILES string of the molecule is Fc1cccc(C(F)(F)F)c1[C@@H](CC(F)(F)F)N1CCNCC1. The maximum Gasteiger partial charge on any atom is 0.416 e. The fourth-order valence-electron chi connectivity index (χ4n) is 2.75. The van der Waals surface area contributed by atoms with Gasteiger partial charge in [0.2, 0.25) is 0 Å². The second-order valence-electron chi connectivity index (χ2n) is 5.32. The fraction of sp³-hybridized carbons (Fsp3) is 0.571. The number of nitrogens with one attached hydrogen (secondary N) is 1. The van der Waals surface area contributed by atoms with E-state index in [9.17, 15) is 30.7 Å². The van der Waals surface area contributed by atoms with Crippen LogP contribution in [-0.4, -0.2) is 37.3 Å². The standard InChI is InChI=1S/C14H15F7N2/c15-10-3-1-2-9(14(19,20)21)12(10)11(8-13(16,17)18)23-6-4-22-5-7-23/h1-3,11,22H,4-8H2/t11-/m1/s1. The average molecular weight is 344 g/mol. The van der Waals surface area contributed by atoms with Crippen molar-refractivity contribution in [1.82, 2.24) is 10.2 Å². The van der Waals surface area contributed by atoms with E-state index < -0.39 is 41.8 Å². The first kappa shape index (κ1) is 18.0. The van der Waals surface area contributed by atoms with Crippen molar-refractivity contribution in [3.05, 3.63) is 35.1 Å². The van der Waals surface area contributed by atoms with E-state index >= 15 is 0 Å². The van der Waals surface area contributed by atoms with Gasteiger partial charge < -0.3 is 5.32 Å². The molecule has 1 saturated heterocycles. The topological polar surface area (TPSA) is 15.3 Å². The van der Waals surface area contributed by atoms with Crippen molar-refractivity contribution in [1.29, 1.82) is 0 Å². The molecule has 2 nitrogen and oxygen atoms in total. The monoisotopic (exact) mass is 344 g/mol. The summed E-state index contributed by atoms with van der Waals surface area (Å²) in [6, 6.07) is 0.527. The van der Waals surface area contributed by atoms with E-state index in [1.807, 2.05) is 0 Å². The maximum absolute atomic E-state index is 14.1. The van der Waals surface area contributed by atoms with E-state index in [0.717, 1.165) is 12.1 Å². The van der Waals surface area contributed by atoms with Crippen molar-refractivity contribution < 1.29 is 30.7 Å². The van der Waals surface area contributed by atoms with Crippen LogP contribution in [0.3, 0.4) is 0 Å². The Morgan fingerprint density at radius 3 is 2.17 bits per heavy atom. The van der Waals surface area contributed by atoms with Crippen LogP contribution in [0.5, 0.6) is 0 Å². The van der Waals surface area contributed by atoms with E-state index in [-0.39, 0.29) is 13.1 Å². The van der Waals surface area contributed by atoms with Gasteiger partial charge in [0.05, 0.1) is 12.0 Å². The zero-order chi connectivity index (χ0) is 17.3. The van der Waals surface area contributed by atoms with E-state index in [4.69, 9.17) is 0 Å². The van der Waals surface area contributed by atoms with Gasteiger partial charge in [-0.2, -0.15) is 26.3 Å². The van der Waals surface area contributed by atoms with Crippen molar-refractivity contribution in [2.45, 2.75) is 24.8 Å². The summed E-state index contributed by atoms with van der Waals surface area (Å²) in [7, 11) is 0. The number of nitrogens with zero attached hydrogens (tertiary/aromatic N) is 1. The molecule has 130 valence electrons. The van der Waals surface area contributed by atoms with Crippen molar-refractivity contribution in [2.75, 3.05) is 26.2 Å². The molecule has 0 amide bonds. The van der Waals surface area contributed by atoms with Gasteiger partial charge in [0.25, 0.3) is 0 Å². The molecule has 0 aromatic heterocycles. The van der Waals surface area contributed by atoms with Gasteiger partial charge in [-0.15, -0.1) is 0 Å². The normalized spacial score (nSPS) is 18.9. The van der Waals surface area contributed by atoms with E-state index in [1.54, 1.807) is 0 Å². The summed E-state index contributed by atoms with van der Waals surface area (Å²) in [4.78, 5) is 1.25. The van der Waals surface area contributed by atoms with Gasteiger partial charge in [-0.3, -0.25) is 4.90 Å². The largest absolute Gasteiger partial charge is 0.416 e. The van der Waals surface area contributed by atoms with E-state index in [0.29, 0.717) is 19.2 Å². The van der Waals surface area contributed by atoms with Crippen LogP contribution >= 0.6 is 0 Å². The van der Waals surface area contributed by atoms with Crippen molar-refractivity contribution in [2.24, 2.45) is 0 Å². The lowest BCUT2D eigenvalue weighted by molar-refractivity contribution is -0.153. The molecule has 1 N–H and O–H groups in total. The Morgan fingerprint density at radius 1 is 1.04 bits per heavy atom. The minimum atomic E-state index is -4.92. The van der Waals surface area contributed by atoms with Gasteiger partial charge in [-0.1, -0.05) is 6.07 Å². The zero-order valence-electron chi connectivity index (χ0n) is 11.9. The molecule has 1 aromatic rings. The molecule has 0 radical (unpaired) electrons. The lowest BCUT2D eigenvalue weighted by Gasteiger charge is -2.36. The summed E-state index contributed by atoms with van der Waals surface area (Å²) < 4.78 is 92.0. The third kappa shape index (κ3) is 4.57. The molecule has 1 aliphatic rings. The summed E-state index contributed by atoms with van der Waals surface area (Å²) in [5.41, 5.74) is -2.29. The molecule has 0 bridgehead atoms. The van der Waals surface area contributed by atoms with E-state index in [1.165, 1.54) is 4.90 Å². The fourth-order valence-corrected chi connectivity index (χ4v) is 2.75. The van der Waals surface area contributed by atoms with Crippen LogP contribution in [-0.2, 0) is 6.18 Å². The minimum Gasteiger partial charge on any atom is -0.314 e. The van der Waals surface area contributed by atoms with Crippen LogP contribution in [0.2, 0.25) is 0 Å². The van der Waals surface area contributed by atoms with Gasteiger partial charge in [-0.25, -0.2) is 4.39 Å². The van der Waals surface area contributed by atoms with Gasteiger partial charge in [0.15, 0.2) is 0 Å². The molecule has 1 atom stereocenters. The van der Waals surface area contributed by atoms with Crippen LogP contribution in [0.15, 0.2) is 18.2 Å². The van der Waals surface area contributed by atoms with Crippen molar-refractivity contribution in [3.63, 3.8) is 0 Å². The highest BCUT2D eigenvalue weighted by molar-refractivity contribution is 5.34. The molecule has 2 rings (SSSR count). The Kier molecular flexibility index (Phi) is 5.20. The average Bonchev–Trinajstić information content (AvgIpc) is 2.44. The molecular weight excluding hydrogens is 329 g/mol. The molecule has 1 aromatic carbocycles. The first-order valence-corrected chi connectivity index (χ1v) is 6.97. The number of hydrogen-bond acceptors (Lipinski definition) is 2. The molecule has 9 heteroatoms. The quantitative estimate of drug-likeness (QED) is 0.841. The number of halogens is 7. The lowest BCUT2D eigenvalue weighted by atomic mass is 9.94. The number of hydrogen-bond donors (Lipinski definition) is 1. The highest BCUT2D eigenvalue weighted by atomic mass is 19.4. The number of piperazine rings is 1. The predicted octanol–water partition coefficient (Wildman–Crippen LogP) is 3.74. The lowest BCUT2D eigenvalue weighted by Crippen LogP contribution is -2.46. The number of rotatable bonds is 3. The van der Waals surface area contributed by atoms with E-state index in [2.05, 4.69) is 5.32 Å². The molecule has 1 fully saturated rings. The van der Waals surface area contributed by atoms with Crippen LogP contribution in [0.4, 0.5) is 30.7 Å². The van der Waals surface area contributed by atoms with Gasteiger partial charge >= 0.3 is 12.4 Å². The summed E-state index contributed by atoms with van der Waals surface area (Å²) in [5, 5.41) is 2.90. The van der Waals surface area contributed by atoms with Crippen LogP contribution in [0.1, 0.15) is 23.6 Å². The molecule has 23 heavy (non-hydrogen) atoms. The highest BCUT2D eigenvalue weighted by Crippen LogP contribution is 2.41. The number of benzene rings is 1. The third-order valence-corrected chi connectivity index (χ3v) is 3.71. The van der Waals surface area contributed by atoms with Crippen LogP contribution in [0.25, 0.3) is 0 Å². The molecular formula is C14H15F7N2. The molecule has 1 aliphatic heterocycles. The smallest absolute Gasteiger partial charge is 0.314 e. The first-order chi connectivity index (χ1) is 10.6. The second-order valence-corrected chi connectivity index (χ2v) is 5.32. The first-order valence-electron chi connectivity index (χ1n) is 6.97. The molecule has 0 unspecified atom stereocenters. The Morgan fingerprint density at radius 2 is 1.65 bits per heavy atom. The van der Waals surface area contributed by atoms with Crippen molar-refractivity contribution >= 4 is 0 Å². The van der Waals surface area contributed by atoms with Gasteiger partial charge in [-0.05, 0) is 12.1 Å². The molecule has 0 saturated carbocycles. The molecule has 0 aliphatic carbocycles. The van der Waals surface area contributed by atoms with Gasteiger partial charge in [0.1, 0.15) is 5.82 Å². The number of alkyl halides is 6. The van der Waals surface area contributed by atoms with Crippen LogP contribution in [0, 0.1) is 5.82 Å². The van der Waals surface area contributed by atoms with Gasteiger partial charge in [0, 0.05) is 37.8 Å². The zero-order valence-corrected chi connectivity index (χ0v) is 11.9. The minimum absolute atomic E-state index is 0.117. The Hall–Kier alpha value is -1.35. The van der Waals surface area contributed by atoms with Crippen LogP contribution < -0.4 is 5.32 Å². The summed E-state index contributed by atoms with van der Waals surface area (Å²) >= 11 is 0.